The minimum absolute atomic E-state index is 0.0990. The summed E-state index contributed by atoms with van der Waals surface area (Å²) in [5.74, 6) is 0.241. The molecule has 0 fully saturated rings. The fraction of sp³-hybridized carbons (Fsp3) is 1.00. The molecule has 0 saturated carbocycles. The van der Waals surface area contributed by atoms with Crippen LogP contribution in [0.15, 0.2) is 0 Å². The van der Waals surface area contributed by atoms with Crippen molar-refractivity contribution >= 4 is 0 Å². The van der Waals surface area contributed by atoms with Gasteiger partial charge in [0.05, 0.1) is 12.7 Å². The van der Waals surface area contributed by atoms with Crippen LogP contribution < -0.4 is 0 Å². The van der Waals surface area contributed by atoms with Gasteiger partial charge in [-0.3, -0.25) is 0 Å². The molecular weight excluding hydrogens is 200 g/mol. The van der Waals surface area contributed by atoms with E-state index in [1.807, 2.05) is 6.92 Å². The van der Waals surface area contributed by atoms with Crippen molar-refractivity contribution in [2.24, 2.45) is 5.92 Å². The third kappa shape index (κ3) is 9.17. The van der Waals surface area contributed by atoms with Gasteiger partial charge >= 0.3 is 0 Å². The summed E-state index contributed by atoms with van der Waals surface area (Å²) in [6, 6.07) is 0. The fourth-order valence-corrected chi connectivity index (χ4v) is 1.97. The van der Waals surface area contributed by atoms with E-state index in [-0.39, 0.29) is 12.5 Å². The Morgan fingerprint density at radius 1 is 0.875 bits per heavy atom. The Balaban J connectivity index is 3.14. The lowest BCUT2D eigenvalue weighted by Crippen LogP contribution is -2.21. The van der Waals surface area contributed by atoms with E-state index in [4.69, 9.17) is 5.11 Å². The molecule has 0 radical (unpaired) electrons. The Bertz CT molecular complexity index is 137. The molecule has 2 nitrogen and oxygen atoms in total. The highest BCUT2D eigenvalue weighted by Crippen LogP contribution is 2.15. The first-order chi connectivity index (χ1) is 7.72. The fourth-order valence-electron chi connectivity index (χ4n) is 1.97. The van der Waals surface area contributed by atoms with Gasteiger partial charge in [0.2, 0.25) is 0 Å². The summed E-state index contributed by atoms with van der Waals surface area (Å²) >= 11 is 0. The molecule has 0 aromatic heterocycles. The summed E-state index contributed by atoms with van der Waals surface area (Å²) in [5.41, 5.74) is 0. The molecule has 98 valence electrons. The minimum atomic E-state index is -0.524. The Kier molecular flexibility index (Phi) is 11.3. The van der Waals surface area contributed by atoms with Gasteiger partial charge in [0.25, 0.3) is 0 Å². The van der Waals surface area contributed by atoms with E-state index in [1.54, 1.807) is 0 Å². The van der Waals surface area contributed by atoms with Gasteiger partial charge in [0.1, 0.15) is 0 Å². The molecular formula is C14H30O2. The zero-order chi connectivity index (χ0) is 12.2. The third-order valence-corrected chi connectivity index (χ3v) is 3.36. The predicted octanol–water partition coefficient (Wildman–Crippen LogP) is 3.51. The Morgan fingerprint density at radius 2 is 1.38 bits per heavy atom. The van der Waals surface area contributed by atoms with E-state index >= 15 is 0 Å². The molecule has 2 atom stereocenters. The molecule has 2 heteroatoms. The number of hydrogen-bond donors (Lipinski definition) is 2. The van der Waals surface area contributed by atoms with Crippen LogP contribution in [0.2, 0.25) is 0 Å². The highest BCUT2D eigenvalue weighted by atomic mass is 16.3. The second-order valence-corrected chi connectivity index (χ2v) is 4.99. The monoisotopic (exact) mass is 230 g/mol. The molecule has 0 aliphatic heterocycles. The summed E-state index contributed by atoms with van der Waals surface area (Å²) in [4.78, 5) is 0. The number of aliphatic hydroxyl groups is 2. The van der Waals surface area contributed by atoms with Crippen molar-refractivity contribution in [3.05, 3.63) is 0 Å². The molecule has 0 rings (SSSR count). The van der Waals surface area contributed by atoms with Crippen LogP contribution in [0.1, 0.15) is 71.6 Å². The topological polar surface area (TPSA) is 40.5 Å². The van der Waals surface area contributed by atoms with Crippen LogP contribution in [0, 0.1) is 5.92 Å². The molecule has 0 heterocycles. The number of hydrogen-bond acceptors (Lipinski definition) is 2. The average molecular weight is 230 g/mol. The van der Waals surface area contributed by atoms with Gasteiger partial charge in [0, 0.05) is 0 Å². The highest BCUT2D eigenvalue weighted by molar-refractivity contribution is 4.62. The van der Waals surface area contributed by atoms with E-state index in [2.05, 4.69) is 6.92 Å². The second kappa shape index (κ2) is 11.4. The van der Waals surface area contributed by atoms with Crippen LogP contribution in [-0.4, -0.2) is 22.9 Å². The maximum absolute atomic E-state index is 9.38. The summed E-state index contributed by atoms with van der Waals surface area (Å²) in [7, 11) is 0. The molecule has 2 unspecified atom stereocenters. The van der Waals surface area contributed by atoms with Gasteiger partial charge in [0.15, 0.2) is 0 Å². The molecule has 16 heavy (non-hydrogen) atoms. The van der Waals surface area contributed by atoms with Gasteiger partial charge in [-0.25, -0.2) is 0 Å². The average Bonchev–Trinajstić information content (AvgIpc) is 2.31. The van der Waals surface area contributed by atoms with E-state index in [9.17, 15) is 5.11 Å². The van der Waals surface area contributed by atoms with Gasteiger partial charge in [-0.15, -0.1) is 0 Å². The molecule has 2 N–H and O–H groups in total. The maximum Gasteiger partial charge on any atom is 0.0796 e. The predicted molar refractivity (Wildman–Crippen MR) is 69.5 cm³/mol. The lowest BCUT2D eigenvalue weighted by molar-refractivity contribution is 0.0495. The van der Waals surface area contributed by atoms with Crippen LogP contribution in [0.3, 0.4) is 0 Å². The largest absolute Gasteiger partial charge is 0.394 e. The molecule has 0 amide bonds. The van der Waals surface area contributed by atoms with E-state index in [1.165, 1.54) is 51.4 Å². The summed E-state index contributed by atoms with van der Waals surface area (Å²) in [6.45, 7) is 4.16. The van der Waals surface area contributed by atoms with Crippen molar-refractivity contribution in [1.82, 2.24) is 0 Å². The smallest absolute Gasteiger partial charge is 0.0796 e. The number of rotatable bonds is 11. The zero-order valence-electron chi connectivity index (χ0n) is 11.1. The first kappa shape index (κ1) is 15.9. The van der Waals surface area contributed by atoms with Crippen molar-refractivity contribution in [2.45, 2.75) is 77.7 Å². The normalized spacial score (nSPS) is 15.0. The van der Waals surface area contributed by atoms with Gasteiger partial charge in [-0.1, -0.05) is 65.2 Å². The first-order valence-corrected chi connectivity index (χ1v) is 7.01. The van der Waals surface area contributed by atoms with E-state index < -0.39 is 6.10 Å². The molecule has 0 spiro atoms. The summed E-state index contributed by atoms with van der Waals surface area (Å²) < 4.78 is 0. The summed E-state index contributed by atoms with van der Waals surface area (Å²) in [5, 5.41) is 18.2. The minimum Gasteiger partial charge on any atom is -0.394 e. The van der Waals surface area contributed by atoms with Crippen LogP contribution >= 0.6 is 0 Å². The zero-order valence-corrected chi connectivity index (χ0v) is 11.1. The molecule has 0 aromatic rings. The van der Waals surface area contributed by atoms with Crippen molar-refractivity contribution in [3.63, 3.8) is 0 Å². The molecule has 0 aliphatic carbocycles. The Morgan fingerprint density at radius 3 is 1.88 bits per heavy atom. The SMILES string of the molecule is CCCCCCCCCCC(C)C(O)CO. The Hall–Kier alpha value is -0.0800. The third-order valence-electron chi connectivity index (χ3n) is 3.36. The number of unbranched alkanes of at least 4 members (excludes halogenated alkanes) is 7. The van der Waals surface area contributed by atoms with Crippen molar-refractivity contribution in [2.75, 3.05) is 6.61 Å². The Labute approximate surface area is 101 Å². The van der Waals surface area contributed by atoms with Gasteiger partial charge in [-0.2, -0.15) is 0 Å². The van der Waals surface area contributed by atoms with Crippen LogP contribution in [0.25, 0.3) is 0 Å². The lowest BCUT2D eigenvalue weighted by Gasteiger charge is -2.15. The number of aliphatic hydroxyl groups excluding tert-OH is 2. The van der Waals surface area contributed by atoms with Crippen molar-refractivity contribution in [1.29, 1.82) is 0 Å². The molecule has 0 bridgehead atoms. The lowest BCUT2D eigenvalue weighted by atomic mass is 9.97. The maximum atomic E-state index is 9.38. The van der Waals surface area contributed by atoms with Gasteiger partial charge in [-0.05, 0) is 12.3 Å². The molecule has 0 saturated heterocycles. The van der Waals surface area contributed by atoms with Crippen LogP contribution in [-0.2, 0) is 0 Å². The van der Waals surface area contributed by atoms with E-state index in [0.717, 1.165) is 6.42 Å². The molecule has 0 aliphatic rings. The highest BCUT2D eigenvalue weighted by Gasteiger charge is 2.11. The standard InChI is InChI=1S/C14H30O2/c1-3-4-5-6-7-8-9-10-11-13(2)14(16)12-15/h13-16H,3-12H2,1-2H3. The quantitative estimate of drug-likeness (QED) is 0.533. The van der Waals surface area contributed by atoms with E-state index in [0.29, 0.717) is 0 Å². The van der Waals surface area contributed by atoms with Crippen LogP contribution in [0.4, 0.5) is 0 Å². The first-order valence-electron chi connectivity index (χ1n) is 7.01. The van der Waals surface area contributed by atoms with Crippen molar-refractivity contribution in [3.8, 4) is 0 Å². The van der Waals surface area contributed by atoms with Crippen LogP contribution in [0.5, 0.6) is 0 Å². The second-order valence-electron chi connectivity index (χ2n) is 4.99. The molecule has 0 aromatic carbocycles. The van der Waals surface area contributed by atoms with Gasteiger partial charge < -0.3 is 10.2 Å². The van der Waals surface area contributed by atoms with Crippen molar-refractivity contribution < 1.29 is 10.2 Å². The summed E-state index contributed by atoms with van der Waals surface area (Å²) in [6.07, 6.45) is 11.1.